The van der Waals surface area contributed by atoms with Crippen LogP contribution in [0.2, 0.25) is 0 Å². The van der Waals surface area contributed by atoms with Crippen molar-refractivity contribution >= 4 is 27.3 Å². The Hall–Kier alpha value is -1.70. The van der Waals surface area contributed by atoms with E-state index in [-0.39, 0.29) is 16.5 Å². The van der Waals surface area contributed by atoms with Gasteiger partial charge in [-0.25, -0.2) is 13.2 Å². The maximum Gasteiger partial charge on any atom is 0.335 e. The maximum absolute atomic E-state index is 12.5. The van der Waals surface area contributed by atoms with E-state index in [0.717, 1.165) is 4.88 Å². The highest BCUT2D eigenvalue weighted by Gasteiger charge is 2.26. The lowest BCUT2D eigenvalue weighted by molar-refractivity contribution is 0.0696. The Bertz CT molecular complexity index is 721. The monoisotopic (exact) mass is 325 g/mol. The molecular weight excluding hydrogens is 310 g/mol. The maximum atomic E-state index is 12.5. The first-order valence-electron chi connectivity index (χ1n) is 6.19. The zero-order chi connectivity index (χ0) is 15.6. The molecule has 1 atom stereocenters. The Morgan fingerprint density at radius 1 is 1.24 bits per heavy atom. The summed E-state index contributed by atoms with van der Waals surface area (Å²) in [5.41, 5.74) is 0.0582. The average molecular weight is 325 g/mol. The number of hydrogen-bond acceptors (Lipinski definition) is 4. The molecule has 21 heavy (non-hydrogen) atoms. The minimum Gasteiger partial charge on any atom is -0.478 e. The molecule has 0 aliphatic carbocycles. The Labute approximate surface area is 127 Å². The second-order valence-electron chi connectivity index (χ2n) is 4.54. The highest BCUT2D eigenvalue weighted by Crippen LogP contribution is 2.28. The lowest BCUT2D eigenvalue weighted by atomic mass is 10.2. The second kappa shape index (κ2) is 5.97. The van der Waals surface area contributed by atoms with Gasteiger partial charge in [0.05, 0.1) is 16.5 Å². The Kier molecular flexibility index (Phi) is 4.46. The third-order valence-corrected chi connectivity index (χ3v) is 6.26. The van der Waals surface area contributed by atoms with Crippen molar-refractivity contribution in [2.24, 2.45) is 0 Å². The molecule has 5 nitrogen and oxygen atoms in total. The topological polar surface area (TPSA) is 74.7 Å². The fraction of sp³-hybridized carbons (Fsp3) is 0.214. The van der Waals surface area contributed by atoms with Gasteiger partial charge < -0.3 is 5.11 Å². The van der Waals surface area contributed by atoms with Crippen LogP contribution in [0.25, 0.3) is 0 Å². The van der Waals surface area contributed by atoms with Gasteiger partial charge in [-0.3, -0.25) is 0 Å². The summed E-state index contributed by atoms with van der Waals surface area (Å²) in [6.07, 6.45) is 0. The van der Waals surface area contributed by atoms with Gasteiger partial charge >= 0.3 is 5.97 Å². The predicted molar refractivity (Wildman–Crippen MR) is 81.1 cm³/mol. The lowest BCUT2D eigenvalue weighted by Crippen LogP contribution is -2.29. The number of rotatable bonds is 5. The van der Waals surface area contributed by atoms with Gasteiger partial charge in [0.2, 0.25) is 10.0 Å². The second-order valence-corrected chi connectivity index (χ2v) is 7.52. The summed E-state index contributed by atoms with van der Waals surface area (Å²) < 4.78 is 26.4. The van der Waals surface area contributed by atoms with E-state index in [0.29, 0.717) is 0 Å². The summed E-state index contributed by atoms with van der Waals surface area (Å²) in [4.78, 5) is 11.8. The van der Waals surface area contributed by atoms with E-state index in [1.807, 2.05) is 24.4 Å². The summed E-state index contributed by atoms with van der Waals surface area (Å²) in [6.45, 7) is 1.81. The van der Waals surface area contributed by atoms with Gasteiger partial charge in [-0.1, -0.05) is 6.07 Å². The van der Waals surface area contributed by atoms with Crippen LogP contribution in [0, 0.1) is 0 Å². The zero-order valence-electron chi connectivity index (χ0n) is 11.6. The summed E-state index contributed by atoms with van der Waals surface area (Å²) >= 11 is 1.49. The van der Waals surface area contributed by atoms with Gasteiger partial charge in [-0.15, -0.1) is 11.3 Å². The molecule has 2 aromatic rings. The molecule has 7 heteroatoms. The minimum atomic E-state index is -3.66. The predicted octanol–water partition coefficient (Wildman–Crippen LogP) is 2.83. The van der Waals surface area contributed by atoms with Crippen molar-refractivity contribution < 1.29 is 18.3 Å². The molecule has 0 saturated heterocycles. The number of hydrogen-bond donors (Lipinski definition) is 1. The van der Waals surface area contributed by atoms with Crippen molar-refractivity contribution in [3.05, 3.63) is 52.2 Å². The molecule has 1 aromatic heterocycles. The van der Waals surface area contributed by atoms with E-state index in [9.17, 15) is 13.2 Å². The normalized spacial score (nSPS) is 13.3. The van der Waals surface area contributed by atoms with Gasteiger partial charge in [0, 0.05) is 11.9 Å². The standard InChI is InChI=1S/C14H15NO4S2/c1-10(13-4-3-9-20-13)15(2)21(18,19)12-7-5-11(6-8-12)14(16)17/h3-10H,1-2H3,(H,16,17). The molecule has 0 aliphatic heterocycles. The fourth-order valence-corrected chi connectivity index (χ4v) is 4.09. The molecular formula is C14H15NO4S2. The first-order valence-corrected chi connectivity index (χ1v) is 8.51. The minimum absolute atomic E-state index is 0.0582. The molecule has 0 bridgehead atoms. The molecule has 112 valence electrons. The van der Waals surface area contributed by atoms with Crippen LogP contribution in [-0.2, 0) is 10.0 Å². The highest BCUT2D eigenvalue weighted by atomic mass is 32.2. The Morgan fingerprint density at radius 3 is 2.33 bits per heavy atom. The Balaban J connectivity index is 2.30. The molecule has 0 fully saturated rings. The number of carbonyl (C=O) groups is 1. The summed E-state index contributed by atoms with van der Waals surface area (Å²) in [7, 11) is -2.14. The van der Waals surface area contributed by atoms with Crippen LogP contribution in [0.4, 0.5) is 0 Å². The Morgan fingerprint density at radius 2 is 1.86 bits per heavy atom. The van der Waals surface area contributed by atoms with Crippen LogP contribution in [0.15, 0.2) is 46.7 Å². The number of aromatic carboxylic acids is 1. The number of sulfonamides is 1. The largest absolute Gasteiger partial charge is 0.478 e. The SMILES string of the molecule is CC(c1cccs1)N(C)S(=O)(=O)c1ccc(C(=O)O)cc1. The molecule has 2 rings (SSSR count). The number of thiophene rings is 1. The fourth-order valence-electron chi connectivity index (χ4n) is 1.85. The van der Waals surface area contributed by atoms with Gasteiger partial charge in [-0.2, -0.15) is 4.31 Å². The van der Waals surface area contributed by atoms with Crippen molar-refractivity contribution in [2.75, 3.05) is 7.05 Å². The molecule has 1 N–H and O–H groups in total. The van der Waals surface area contributed by atoms with Gasteiger partial charge in [0.25, 0.3) is 0 Å². The molecule has 1 unspecified atom stereocenters. The van der Waals surface area contributed by atoms with Crippen molar-refractivity contribution in [3.8, 4) is 0 Å². The van der Waals surface area contributed by atoms with Gasteiger partial charge in [0.15, 0.2) is 0 Å². The number of carboxylic acid groups (broad SMARTS) is 1. The van der Waals surface area contributed by atoms with Crippen LogP contribution in [0.5, 0.6) is 0 Å². The van der Waals surface area contributed by atoms with Crippen LogP contribution in [-0.4, -0.2) is 30.8 Å². The van der Waals surface area contributed by atoms with Crippen molar-refractivity contribution in [2.45, 2.75) is 17.9 Å². The molecule has 1 heterocycles. The number of carboxylic acids is 1. The third kappa shape index (κ3) is 3.15. The van der Waals surface area contributed by atoms with Crippen LogP contribution >= 0.6 is 11.3 Å². The van der Waals surface area contributed by atoms with Crippen LogP contribution in [0.1, 0.15) is 28.2 Å². The van der Waals surface area contributed by atoms with E-state index >= 15 is 0 Å². The smallest absolute Gasteiger partial charge is 0.335 e. The van der Waals surface area contributed by atoms with E-state index in [1.165, 1.54) is 47.0 Å². The van der Waals surface area contributed by atoms with Crippen LogP contribution in [0.3, 0.4) is 0 Å². The third-order valence-electron chi connectivity index (χ3n) is 3.28. The van der Waals surface area contributed by atoms with Gasteiger partial charge in [0.1, 0.15) is 0 Å². The van der Waals surface area contributed by atoms with Crippen LogP contribution < -0.4 is 0 Å². The summed E-state index contributed by atoms with van der Waals surface area (Å²) in [6, 6.07) is 8.69. The molecule has 0 radical (unpaired) electrons. The lowest BCUT2D eigenvalue weighted by Gasteiger charge is -2.23. The molecule has 0 spiro atoms. The van der Waals surface area contributed by atoms with E-state index in [1.54, 1.807) is 0 Å². The van der Waals surface area contributed by atoms with E-state index < -0.39 is 16.0 Å². The van der Waals surface area contributed by atoms with E-state index in [4.69, 9.17) is 5.11 Å². The zero-order valence-corrected chi connectivity index (χ0v) is 13.2. The number of nitrogens with zero attached hydrogens (tertiary/aromatic N) is 1. The first-order chi connectivity index (χ1) is 9.84. The van der Waals surface area contributed by atoms with Crippen molar-refractivity contribution in [3.63, 3.8) is 0 Å². The van der Waals surface area contributed by atoms with E-state index in [2.05, 4.69) is 0 Å². The number of benzene rings is 1. The molecule has 0 saturated carbocycles. The quantitative estimate of drug-likeness (QED) is 0.917. The molecule has 0 aliphatic rings. The highest BCUT2D eigenvalue weighted by molar-refractivity contribution is 7.89. The van der Waals surface area contributed by atoms with Crippen molar-refractivity contribution in [1.29, 1.82) is 0 Å². The average Bonchev–Trinajstić information content (AvgIpc) is 3.00. The molecule has 1 aromatic carbocycles. The molecule has 0 amide bonds. The van der Waals surface area contributed by atoms with Gasteiger partial charge in [-0.05, 0) is 42.6 Å². The first kappa shape index (κ1) is 15.7. The van der Waals surface area contributed by atoms with Crippen molar-refractivity contribution in [1.82, 2.24) is 4.31 Å². The summed E-state index contributed by atoms with van der Waals surface area (Å²) in [5.74, 6) is -1.08. The summed E-state index contributed by atoms with van der Waals surface area (Å²) in [5, 5.41) is 10.7.